The Morgan fingerprint density at radius 1 is 1.03 bits per heavy atom. The van der Waals surface area contributed by atoms with Crippen molar-refractivity contribution >= 4 is 22.6 Å². The predicted octanol–water partition coefficient (Wildman–Crippen LogP) is 5.99. The number of methoxy groups -OCH3 is 1. The van der Waals surface area contributed by atoms with Gasteiger partial charge in [0.25, 0.3) is 0 Å². The quantitative estimate of drug-likeness (QED) is 0.407. The van der Waals surface area contributed by atoms with Gasteiger partial charge in [-0.05, 0) is 54.1 Å². The molecule has 0 N–H and O–H groups in total. The van der Waals surface area contributed by atoms with Crippen LogP contribution in [0.2, 0.25) is 5.02 Å². The van der Waals surface area contributed by atoms with Crippen LogP contribution in [-0.4, -0.2) is 7.11 Å². The summed E-state index contributed by atoms with van der Waals surface area (Å²) in [4.78, 5) is 13.5. The average Bonchev–Trinajstić information content (AvgIpc) is 2.75. The maximum atomic E-state index is 13.5. The number of fused-ring (bicyclic) bond motifs is 1. The summed E-state index contributed by atoms with van der Waals surface area (Å²) >= 11 is 6.02. The van der Waals surface area contributed by atoms with E-state index in [9.17, 15) is 14.4 Å². The minimum absolute atomic E-state index is 0.0133. The molecule has 1 aromatic heterocycles. The molecule has 0 fully saturated rings. The van der Waals surface area contributed by atoms with Crippen molar-refractivity contribution in [2.45, 2.75) is 6.42 Å². The summed E-state index contributed by atoms with van der Waals surface area (Å²) in [5.74, 6) is 0.366. The van der Waals surface area contributed by atoms with Crippen LogP contribution >= 0.6 is 11.6 Å². The Kier molecular flexibility index (Phi) is 5.26. The zero-order valence-electron chi connectivity index (χ0n) is 15.9. The number of halogens is 2. The highest BCUT2D eigenvalue weighted by atomic mass is 35.5. The van der Waals surface area contributed by atoms with E-state index in [1.165, 1.54) is 31.4 Å². The van der Waals surface area contributed by atoms with E-state index in [2.05, 4.69) is 6.07 Å². The number of benzene rings is 3. The number of hydrogen-bond acceptors (Lipinski definition) is 4. The summed E-state index contributed by atoms with van der Waals surface area (Å²) in [6, 6.07) is 17.9. The molecular weight excluding hydrogens is 405 g/mol. The number of rotatable bonds is 4. The molecule has 0 spiro atoms. The maximum Gasteiger partial charge on any atom is 0.201 e. The number of nitriles is 1. The number of ether oxygens (including phenoxy) is 1. The van der Waals surface area contributed by atoms with Crippen LogP contribution in [0, 0.1) is 17.1 Å². The van der Waals surface area contributed by atoms with Gasteiger partial charge >= 0.3 is 0 Å². The Labute approximate surface area is 176 Å². The highest BCUT2D eigenvalue weighted by Crippen LogP contribution is 2.36. The van der Waals surface area contributed by atoms with E-state index in [1.54, 1.807) is 36.4 Å². The molecule has 0 amide bonds. The number of nitrogens with zero attached hydrogens (tertiary/aromatic N) is 1. The standard InChI is InChI=1S/C24H15ClFNO3/c1-29-20-11-10-19-22(28)21(14-4-8-17(26)9-5-14)23(15-2-6-16(25)7-3-15)30-24(19)18(20)12-13-27/h2-11H,12H2,1H3. The molecule has 0 aliphatic heterocycles. The smallest absolute Gasteiger partial charge is 0.201 e. The van der Waals surface area contributed by atoms with Gasteiger partial charge in [-0.25, -0.2) is 4.39 Å². The zero-order chi connectivity index (χ0) is 21.3. The van der Waals surface area contributed by atoms with Gasteiger partial charge in [-0.15, -0.1) is 0 Å². The minimum atomic E-state index is -0.405. The number of hydrogen-bond donors (Lipinski definition) is 0. The lowest BCUT2D eigenvalue weighted by atomic mass is 9.97. The molecule has 3 aromatic carbocycles. The second-order valence-electron chi connectivity index (χ2n) is 6.61. The first-order chi connectivity index (χ1) is 14.5. The van der Waals surface area contributed by atoms with Gasteiger partial charge < -0.3 is 9.15 Å². The Bertz CT molecular complexity index is 1340. The minimum Gasteiger partial charge on any atom is -0.496 e. The molecule has 0 atom stereocenters. The first-order valence-corrected chi connectivity index (χ1v) is 9.46. The van der Waals surface area contributed by atoms with Crippen molar-refractivity contribution < 1.29 is 13.5 Å². The monoisotopic (exact) mass is 419 g/mol. The molecule has 1 heterocycles. The summed E-state index contributed by atoms with van der Waals surface area (Å²) in [5.41, 5.74) is 1.96. The van der Waals surface area contributed by atoms with Crippen molar-refractivity contribution in [3.05, 3.63) is 87.3 Å². The fourth-order valence-electron chi connectivity index (χ4n) is 3.42. The van der Waals surface area contributed by atoms with Gasteiger partial charge in [0, 0.05) is 10.6 Å². The van der Waals surface area contributed by atoms with Crippen LogP contribution in [0.25, 0.3) is 33.4 Å². The normalized spacial score (nSPS) is 10.7. The van der Waals surface area contributed by atoms with E-state index in [0.29, 0.717) is 44.2 Å². The van der Waals surface area contributed by atoms with E-state index >= 15 is 0 Å². The van der Waals surface area contributed by atoms with Gasteiger partial charge in [0.2, 0.25) is 5.43 Å². The van der Waals surface area contributed by atoms with Gasteiger partial charge in [-0.2, -0.15) is 5.26 Å². The van der Waals surface area contributed by atoms with Gasteiger partial charge in [0.15, 0.2) is 0 Å². The second kappa shape index (κ2) is 8.02. The van der Waals surface area contributed by atoms with Crippen LogP contribution in [-0.2, 0) is 6.42 Å². The highest BCUT2D eigenvalue weighted by Gasteiger charge is 2.21. The first kappa shape index (κ1) is 19.7. The largest absolute Gasteiger partial charge is 0.496 e. The third-order valence-corrected chi connectivity index (χ3v) is 5.09. The lowest BCUT2D eigenvalue weighted by Gasteiger charge is -2.14. The molecule has 0 saturated carbocycles. The average molecular weight is 420 g/mol. The Morgan fingerprint density at radius 3 is 2.33 bits per heavy atom. The van der Waals surface area contributed by atoms with E-state index in [-0.39, 0.29) is 17.4 Å². The van der Waals surface area contributed by atoms with Gasteiger partial charge in [0.05, 0.1) is 36.1 Å². The van der Waals surface area contributed by atoms with Crippen molar-refractivity contribution in [1.82, 2.24) is 0 Å². The molecule has 0 unspecified atom stereocenters. The Balaban J connectivity index is 2.13. The molecule has 6 heteroatoms. The maximum absolute atomic E-state index is 13.5. The molecule has 148 valence electrons. The fraction of sp³-hybridized carbons (Fsp3) is 0.0833. The van der Waals surface area contributed by atoms with Crippen LogP contribution in [0.4, 0.5) is 4.39 Å². The third-order valence-electron chi connectivity index (χ3n) is 4.84. The molecule has 0 bridgehead atoms. The molecule has 4 nitrogen and oxygen atoms in total. The Hall–Kier alpha value is -3.62. The van der Waals surface area contributed by atoms with Crippen molar-refractivity contribution in [2.75, 3.05) is 7.11 Å². The van der Waals surface area contributed by atoms with E-state index in [0.717, 1.165) is 0 Å². The van der Waals surface area contributed by atoms with Crippen LogP contribution in [0.15, 0.2) is 69.9 Å². The van der Waals surface area contributed by atoms with E-state index in [4.69, 9.17) is 20.8 Å². The van der Waals surface area contributed by atoms with Gasteiger partial charge in [-0.3, -0.25) is 4.79 Å². The molecule has 30 heavy (non-hydrogen) atoms. The predicted molar refractivity (Wildman–Crippen MR) is 114 cm³/mol. The summed E-state index contributed by atoms with van der Waals surface area (Å²) in [6.07, 6.45) is 0.0133. The highest BCUT2D eigenvalue weighted by molar-refractivity contribution is 6.30. The van der Waals surface area contributed by atoms with Crippen LogP contribution in [0.3, 0.4) is 0 Å². The van der Waals surface area contributed by atoms with Crippen LogP contribution in [0.1, 0.15) is 5.56 Å². The molecule has 0 aliphatic rings. The second-order valence-corrected chi connectivity index (χ2v) is 7.04. The topological polar surface area (TPSA) is 63.2 Å². The third kappa shape index (κ3) is 3.42. The summed E-state index contributed by atoms with van der Waals surface area (Å²) in [6.45, 7) is 0. The molecule has 4 rings (SSSR count). The summed E-state index contributed by atoms with van der Waals surface area (Å²) < 4.78 is 25.1. The van der Waals surface area contributed by atoms with Crippen molar-refractivity contribution in [3.8, 4) is 34.3 Å². The van der Waals surface area contributed by atoms with Crippen LogP contribution in [0.5, 0.6) is 5.75 Å². The van der Waals surface area contributed by atoms with Crippen LogP contribution < -0.4 is 10.2 Å². The van der Waals surface area contributed by atoms with Gasteiger partial charge in [-0.1, -0.05) is 23.7 Å². The molecular formula is C24H15ClFNO3. The van der Waals surface area contributed by atoms with Crippen molar-refractivity contribution in [2.24, 2.45) is 0 Å². The van der Waals surface area contributed by atoms with Crippen molar-refractivity contribution in [1.29, 1.82) is 5.26 Å². The molecule has 0 saturated heterocycles. The van der Waals surface area contributed by atoms with Gasteiger partial charge in [0.1, 0.15) is 22.9 Å². The lowest BCUT2D eigenvalue weighted by Crippen LogP contribution is -2.09. The van der Waals surface area contributed by atoms with Crippen molar-refractivity contribution in [3.63, 3.8) is 0 Å². The summed E-state index contributed by atoms with van der Waals surface area (Å²) in [5, 5.41) is 10.1. The Morgan fingerprint density at radius 2 is 1.70 bits per heavy atom. The van der Waals surface area contributed by atoms with E-state index in [1.807, 2.05) is 0 Å². The SMILES string of the molecule is COc1ccc2c(=O)c(-c3ccc(F)cc3)c(-c3ccc(Cl)cc3)oc2c1CC#N. The van der Waals surface area contributed by atoms with E-state index < -0.39 is 5.82 Å². The molecule has 0 aliphatic carbocycles. The first-order valence-electron chi connectivity index (χ1n) is 9.09. The lowest BCUT2D eigenvalue weighted by molar-refractivity contribution is 0.410. The molecule has 0 radical (unpaired) electrons. The fourth-order valence-corrected chi connectivity index (χ4v) is 3.54. The molecule has 4 aromatic rings. The zero-order valence-corrected chi connectivity index (χ0v) is 16.7. The summed E-state index contributed by atoms with van der Waals surface area (Å²) in [7, 11) is 1.49.